The SMILES string of the molecule is CC(C)C(NC(=O)C1CCCN1C(=O)C(N)CCC(N)=O)C(=O)NC(Cc1cnc[nH]1)C(=O)O. The molecule has 1 aromatic heterocycles. The van der Waals surface area contributed by atoms with Crippen molar-refractivity contribution >= 4 is 29.6 Å². The van der Waals surface area contributed by atoms with Gasteiger partial charge in [-0.05, 0) is 25.2 Å². The quantitative estimate of drug-likeness (QED) is 0.202. The second kappa shape index (κ2) is 12.1. The van der Waals surface area contributed by atoms with Gasteiger partial charge in [0.1, 0.15) is 18.1 Å². The maximum atomic E-state index is 13.0. The van der Waals surface area contributed by atoms with Crippen LogP contribution < -0.4 is 22.1 Å². The Labute approximate surface area is 197 Å². The van der Waals surface area contributed by atoms with Crippen molar-refractivity contribution in [3.63, 3.8) is 0 Å². The van der Waals surface area contributed by atoms with Crippen molar-refractivity contribution in [2.75, 3.05) is 6.54 Å². The molecular formula is C21H33N7O6. The van der Waals surface area contributed by atoms with E-state index in [4.69, 9.17) is 11.5 Å². The summed E-state index contributed by atoms with van der Waals surface area (Å²) in [6, 6.07) is -4.03. The van der Waals surface area contributed by atoms with Crippen LogP contribution >= 0.6 is 0 Å². The molecule has 4 atom stereocenters. The lowest BCUT2D eigenvalue weighted by Crippen LogP contribution is -2.58. The summed E-state index contributed by atoms with van der Waals surface area (Å²) in [4.78, 5) is 69.2. The van der Waals surface area contributed by atoms with Crippen molar-refractivity contribution in [2.45, 2.75) is 70.1 Å². The second-order valence-electron chi connectivity index (χ2n) is 8.71. The number of amides is 4. The van der Waals surface area contributed by atoms with Crippen LogP contribution in [0.1, 0.15) is 45.2 Å². The van der Waals surface area contributed by atoms with Crippen LogP contribution in [-0.2, 0) is 30.4 Å². The highest BCUT2D eigenvalue weighted by molar-refractivity contribution is 5.94. The number of aromatic nitrogens is 2. The maximum Gasteiger partial charge on any atom is 0.326 e. The molecule has 1 fully saturated rings. The summed E-state index contributed by atoms with van der Waals surface area (Å²) < 4.78 is 0. The van der Waals surface area contributed by atoms with Gasteiger partial charge in [0.05, 0.1) is 12.4 Å². The molecule has 1 aliphatic rings. The Morgan fingerprint density at radius 2 is 1.97 bits per heavy atom. The average molecular weight is 480 g/mol. The number of nitrogens with one attached hydrogen (secondary N) is 3. The molecule has 1 aliphatic heterocycles. The predicted molar refractivity (Wildman–Crippen MR) is 120 cm³/mol. The number of likely N-dealkylation sites (tertiary alicyclic amines) is 1. The molecule has 8 N–H and O–H groups in total. The minimum atomic E-state index is -1.23. The van der Waals surface area contributed by atoms with Crippen molar-refractivity contribution in [2.24, 2.45) is 17.4 Å². The number of carbonyl (C=O) groups excluding carboxylic acids is 4. The van der Waals surface area contributed by atoms with E-state index in [0.29, 0.717) is 25.1 Å². The molecule has 0 aromatic carbocycles. The largest absolute Gasteiger partial charge is 0.480 e. The zero-order chi connectivity index (χ0) is 25.4. The topological polar surface area (TPSA) is 214 Å². The van der Waals surface area contributed by atoms with Crippen molar-refractivity contribution in [1.82, 2.24) is 25.5 Å². The van der Waals surface area contributed by atoms with Gasteiger partial charge in [0, 0.05) is 31.3 Å². The van der Waals surface area contributed by atoms with E-state index in [9.17, 15) is 29.1 Å². The van der Waals surface area contributed by atoms with Gasteiger partial charge in [-0.1, -0.05) is 13.8 Å². The molecule has 34 heavy (non-hydrogen) atoms. The summed E-state index contributed by atoms with van der Waals surface area (Å²) in [6.07, 6.45) is 3.86. The van der Waals surface area contributed by atoms with Crippen LogP contribution in [0.25, 0.3) is 0 Å². The Kier molecular flexibility index (Phi) is 9.54. The average Bonchev–Trinajstić information content (AvgIpc) is 3.46. The molecule has 13 heteroatoms. The molecule has 1 saturated heterocycles. The van der Waals surface area contributed by atoms with Gasteiger partial charge in [-0.3, -0.25) is 19.2 Å². The van der Waals surface area contributed by atoms with Crippen LogP contribution in [0.4, 0.5) is 0 Å². The number of aromatic amines is 1. The number of hydrogen-bond acceptors (Lipinski definition) is 7. The van der Waals surface area contributed by atoms with Gasteiger partial charge in [-0.25, -0.2) is 9.78 Å². The van der Waals surface area contributed by atoms with Crippen LogP contribution in [-0.4, -0.2) is 80.3 Å². The van der Waals surface area contributed by atoms with E-state index in [1.54, 1.807) is 13.8 Å². The smallest absolute Gasteiger partial charge is 0.326 e. The zero-order valence-corrected chi connectivity index (χ0v) is 19.3. The highest BCUT2D eigenvalue weighted by Crippen LogP contribution is 2.20. The number of imidazole rings is 1. The summed E-state index contributed by atoms with van der Waals surface area (Å²) in [6.45, 7) is 3.75. The number of hydrogen-bond donors (Lipinski definition) is 6. The van der Waals surface area contributed by atoms with Gasteiger partial charge in [0.15, 0.2) is 0 Å². The van der Waals surface area contributed by atoms with Gasteiger partial charge < -0.3 is 37.1 Å². The lowest BCUT2D eigenvalue weighted by Gasteiger charge is -2.29. The zero-order valence-electron chi connectivity index (χ0n) is 19.3. The van der Waals surface area contributed by atoms with Crippen LogP contribution in [0, 0.1) is 5.92 Å². The number of carboxylic acid groups (broad SMARTS) is 1. The van der Waals surface area contributed by atoms with E-state index >= 15 is 0 Å². The lowest BCUT2D eigenvalue weighted by atomic mass is 10.0. The normalized spacial score (nSPS) is 18.2. The summed E-state index contributed by atoms with van der Waals surface area (Å²) in [5, 5.41) is 14.6. The van der Waals surface area contributed by atoms with Gasteiger partial charge in [-0.15, -0.1) is 0 Å². The number of primary amides is 1. The fourth-order valence-corrected chi connectivity index (χ4v) is 3.80. The van der Waals surface area contributed by atoms with Gasteiger partial charge >= 0.3 is 5.97 Å². The van der Waals surface area contributed by atoms with Crippen LogP contribution in [0.5, 0.6) is 0 Å². The van der Waals surface area contributed by atoms with E-state index in [-0.39, 0.29) is 25.2 Å². The number of carboxylic acids is 1. The van der Waals surface area contributed by atoms with E-state index in [2.05, 4.69) is 20.6 Å². The van der Waals surface area contributed by atoms with E-state index in [1.165, 1.54) is 17.4 Å². The molecule has 4 unspecified atom stereocenters. The first-order valence-corrected chi connectivity index (χ1v) is 11.2. The third-order valence-electron chi connectivity index (χ3n) is 5.70. The third-order valence-corrected chi connectivity index (χ3v) is 5.70. The fourth-order valence-electron chi connectivity index (χ4n) is 3.80. The number of H-pyrrole nitrogens is 1. The minimum absolute atomic E-state index is 0.00602. The molecule has 0 spiro atoms. The number of nitrogens with zero attached hydrogens (tertiary/aromatic N) is 2. The Morgan fingerprint density at radius 1 is 1.26 bits per heavy atom. The lowest BCUT2D eigenvalue weighted by molar-refractivity contribution is -0.143. The monoisotopic (exact) mass is 479 g/mol. The van der Waals surface area contributed by atoms with Crippen molar-refractivity contribution < 1.29 is 29.1 Å². The molecule has 0 bridgehead atoms. The van der Waals surface area contributed by atoms with E-state index in [1.807, 2.05) is 0 Å². The highest BCUT2D eigenvalue weighted by Gasteiger charge is 2.38. The summed E-state index contributed by atoms with van der Waals surface area (Å²) in [5.74, 6) is -3.79. The molecule has 0 saturated carbocycles. The Bertz CT molecular complexity index is 888. The molecule has 2 rings (SSSR count). The molecule has 1 aromatic rings. The van der Waals surface area contributed by atoms with Gasteiger partial charge in [0.25, 0.3) is 0 Å². The van der Waals surface area contributed by atoms with Crippen molar-refractivity contribution in [1.29, 1.82) is 0 Å². The Balaban J connectivity index is 2.04. The first-order valence-electron chi connectivity index (χ1n) is 11.2. The van der Waals surface area contributed by atoms with Crippen molar-refractivity contribution in [3.8, 4) is 0 Å². The number of nitrogens with two attached hydrogens (primary N) is 2. The van der Waals surface area contributed by atoms with Gasteiger partial charge in [-0.2, -0.15) is 0 Å². The maximum absolute atomic E-state index is 13.0. The third kappa shape index (κ3) is 7.27. The summed E-state index contributed by atoms with van der Waals surface area (Å²) in [7, 11) is 0. The molecule has 0 radical (unpaired) electrons. The molecule has 188 valence electrons. The first-order chi connectivity index (χ1) is 16.0. The number of carbonyl (C=O) groups is 5. The van der Waals surface area contributed by atoms with Crippen LogP contribution in [0.15, 0.2) is 12.5 Å². The van der Waals surface area contributed by atoms with Crippen molar-refractivity contribution in [3.05, 3.63) is 18.2 Å². The molecule has 0 aliphatic carbocycles. The van der Waals surface area contributed by atoms with E-state index < -0.39 is 53.8 Å². The standard InChI is InChI=1S/C21H33N7O6/c1-11(2)17(19(31)26-14(21(33)34)8-12-9-24-10-25-12)27-18(30)15-4-3-7-28(15)20(32)13(22)5-6-16(23)29/h9-11,13-15,17H,3-8,22H2,1-2H3,(H2,23,29)(H,24,25)(H,26,31)(H,27,30)(H,33,34). The van der Waals surface area contributed by atoms with E-state index in [0.717, 1.165) is 0 Å². The number of rotatable bonds is 12. The van der Waals surface area contributed by atoms with Crippen LogP contribution in [0.2, 0.25) is 0 Å². The number of aliphatic carboxylic acids is 1. The summed E-state index contributed by atoms with van der Waals surface area (Å²) >= 11 is 0. The second-order valence-corrected chi connectivity index (χ2v) is 8.71. The fraction of sp³-hybridized carbons (Fsp3) is 0.619. The Hall–Kier alpha value is -3.48. The van der Waals surface area contributed by atoms with Gasteiger partial charge in [0.2, 0.25) is 23.6 Å². The predicted octanol–water partition coefficient (Wildman–Crippen LogP) is -1.75. The molecular weight excluding hydrogens is 446 g/mol. The highest BCUT2D eigenvalue weighted by atomic mass is 16.4. The summed E-state index contributed by atoms with van der Waals surface area (Å²) in [5.41, 5.74) is 11.5. The molecule has 4 amide bonds. The Morgan fingerprint density at radius 3 is 2.53 bits per heavy atom. The first kappa shape index (κ1) is 26.8. The molecule has 2 heterocycles. The molecule has 13 nitrogen and oxygen atoms in total. The minimum Gasteiger partial charge on any atom is -0.480 e. The van der Waals surface area contributed by atoms with Crippen LogP contribution in [0.3, 0.4) is 0 Å².